The van der Waals surface area contributed by atoms with E-state index in [9.17, 15) is 9.59 Å². The number of amidine groups is 1. The van der Waals surface area contributed by atoms with Crippen molar-refractivity contribution in [2.75, 3.05) is 0 Å². The number of rotatable bonds is 14. The van der Waals surface area contributed by atoms with Crippen LogP contribution in [0.1, 0.15) is 63.5 Å². The standard InChI is InChI=1S/C34H37N7O3/c1-3-11-29-36-31(34(4-2,37-29)21-10-16-30(42)35-22-24-12-6-5-7-13-24)33(43)44-23-25-17-19-26(20-18-25)27-14-8-9-15-28(27)32-38-40-41-39-32/h5-9,12-15,17-20H,3-4,10-11,16,21-23H2,1-2H3,(H,35,42)(H,38,39,40,41). The number of H-pyrrole nitrogens is 1. The highest BCUT2D eigenvalue weighted by molar-refractivity contribution is 6.43. The topological polar surface area (TPSA) is 135 Å². The number of carbonyl (C=O) groups is 2. The zero-order chi connectivity index (χ0) is 30.8. The number of aromatic nitrogens is 4. The van der Waals surface area contributed by atoms with Crippen LogP contribution < -0.4 is 5.32 Å². The summed E-state index contributed by atoms with van der Waals surface area (Å²) in [7, 11) is 0. The molecule has 1 aromatic heterocycles. The van der Waals surface area contributed by atoms with Crippen molar-refractivity contribution in [3.8, 4) is 22.5 Å². The van der Waals surface area contributed by atoms with Crippen molar-refractivity contribution in [1.82, 2.24) is 25.9 Å². The largest absolute Gasteiger partial charge is 0.456 e. The van der Waals surface area contributed by atoms with Gasteiger partial charge in [-0.05, 0) is 53.2 Å². The van der Waals surface area contributed by atoms with E-state index in [0.717, 1.165) is 34.2 Å². The van der Waals surface area contributed by atoms with Crippen LogP contribution in [0.5, 0.6) is 0 Å². The van der Waals surface area contributed by atoms with Crippen LogP contribution in [0.4, 0.5) is 0 Å². The normalized spacial score (nSPS) is 15.9. The molecule has 2 N–H and O–H groups in total. The molecule has 1 amide bonds. The Morgan fingerprint density at radius 2 is 1.66 bits per heavy atom. The molecule has 226 valence electrons. The fourth-order valence-corrected chi connectivity index (χ4v) is 5.36. The molecule has 1 unspecified atom stereocenters. The molecule has 2 heterocycles. The van der Waals surface area contributed by atoms with Crippen molar-refractivity contribution in [3.63, 3.8) is 0 Å². The first kappa shape index (κ1) is 30.5. The molecular formula is C34H37N7O3. The lowest BCUT2D eigenvalue weighted by Crippen LogP contribution is -2.40. The fraction of sp³-hybridized carbons (Fsp3) is 0.324. The second kappa shape index (κ2) is 14.5. The molecule has 0 bridgehead atoms. The fourth-order valence-electron chi connectivity index (χ4n) is 5.36. The number of nitrogens with zero attached hydrogens (tertiary/aromatic N) is 5. The van der Waals surface area contributed by atoms with Crippen molar-refractivity contribution >= 4 is 23.4 Å². The van der Waals surface area contributed by atoms with Gasteiger partial charge in [0.25, 0.3) is 0 Å². The van der Waals surface area contributed by atoms with Crippen LogP contribution >= 0.6 is 0 Å². The number of tetrazole rings is 1. The Labute approximate surface area is 257 Å². The van der Waals surface area contributed by atoms with Crippen LogP contribution in [0.2, 0.25) is 0 Å². The number of amides is 1. The van der Waals surface area contributed by atoms with Gasteiger partial charge in [-0.1, -0.05) is 92.7 Å². The number of esters is 1. The van der Waals surface area contributed by atoms with Gasteiger partial charge in [-0.25, -0.2) is 9.79 Å². The van der Waals surface area contributed by atoms with Gasteiger partial charge >= 0.3 is 5.97 Å². The SMILES string of the molecule is CCCC1=NC(CC)(CCCC(=O)NCc2ccccc2)C(C(=O)OCc2ccc(-c3ccccc3-c3nn[nH]n3)cc2)=N1. The summed E-state index contributed by atoms with van der Waals surface area (Å²) in [6, 6.07) is 25.5. The van der Waals surface area contributed by atoms with Crippen molar-refractivity contribution < 1.29 is 14.3 Å². The molecule has 0 saturated carbocycles. The zero-order valence-corrected chi connectivity index (χ0v) is 25.1. The van der Waals surface area contributed by atoms with E-state index in [1.165, 1.54) is 0 Å². The zero-order valence-electron chi connectivity index (χ0n) is 25.1. The molecular weight excluding hydrogens is 554 g/mol. The van der Waals surface area contributed by atoms with Gasteiger partial charge in [0.05, 0.1) is 0 Å². The van der Waals surface area contributed by atoms with Crippen LogP contribution in [-0.4, -0.2) is 49.6 Å². The first-order valence-corrected chi connectivity index (χ1v) is 15.1. The minimum absolute atomic E-state index is 0.0275. The van der Waals surface area contributed by atoms with Gasteiger partial charge in [0.2, 0.25) is 11.7 Å². The third kappa shape index (κ3) is 7.31. The molecule has 1 aliphatic heterocycles. The number of aromatic amines is 1. The maximum atomic E-state index is 13.4. The predicted molar refractivity (Wildman–Crippen MR) is 170 cm³/mol. The summed E-state index contributed by atoms with van der Waals surface area (Å²) in [6.45, 7) is 4.66. The van der Waals surface area contributed by atoms with E-state index >= 15 is 0 Å². The summed E-state index contributed by atoms with van der Waals surface area (Å²) in [5.41, 5.74) is 4.27. The highest BCUT2D eigenvalue weighted by atomic mass is 16.5. The number of ether oxygens (including phenoxy) is 1. The van der Waals surface area contributed by atoms with Crippen LogP contribution in [-0.2, 0) is 27.5 Å². The molecule has 0 aliphatic carbocycles. The number of hydrogen-bond donors (Lipinski definition) is 2. The van der Waals surface area contributed by atoms with Gasteiger partial charge in [0, 0.05) is 24.9 Å². The molecule has 5 rings (SSSR count). The Hall–Kier alpha value is -4.99. The third-order valence-corrected chi connectivity index (χ3v) is 7.75. The summed E-state index contributed by atoms with van der Waals surface area (Å²) < 4.78 is 5.78. The second-order valence-electron chi connectivity index (χ2n) is 10.8. The molecule has 10 heteroatoms. The van der Waals surface area contributed by atoms with Gasteiger partial charge in [-0.2, -0.15) is 5.21 Å². The lowest BCUT2D eigenvalue weighted by atomic mass is 9.85. The van der Waals surface area contributed by atoms with Crippen LogP contribution in [0, 0.1) is 0 Å². The molecule has 1 aliphatic rings. The molecule has 44 heavy (non-hydrogen) atoms. The average Bonchev–Trinajstić information content (AvgIpc) is 3.73. The number of nitrogens with one attached hydrogen (secondary N) is 2. The number of aliphatic imine (C=N–C) groups is 2. The summed E-state index contributed by atoms with van der Waals surface area (Å²) >= 11 is 0. The maximum Gasteiger partial charge on any atom is 0.355 e. The number of carbonyl (C=O) groups excluding carboxylic acids is 2. The first-order chi connectivity index (χ1) is 21.5. The Kier molecular flexibility index (Phi) is 10.0. The lowest BCUT2D eigenvalue weighted by Gasteiger charge is -2.25. The smallest absolute Gasteiger partial charge is 0.355 e. The van der Waals surface area contributed by atoms with Gasteiger partial charge in [0.1, 0.15) is 18.0 Å². The van der Waals surface area contributed by atoms with Crippen molar-refractivity contribution in [3.05, 3.63) is 90.0 Å². The van der Waals surface area contributed by atoms with E-state index in [4.69, 9.17) is 9.73 Å². The van der Waals surface area contributed by atoms with Crippen LogP contribution in [0.15, 0.2) is 88.8 Å². The quantitative estimate of drug-likeness (QED) is 0.176. The number of benzene rings is 3. The van der Waals surface area contributed by atoms with E-state index in [1.807, 2.05) is 85.8 Å². The molecule has 0 spiro atoms. The van der Waals surface area contributed by atoms with Crippen molar-refractivity contribution in [1.29, 1.82) is 0 Å². The summed E-state index contributed by atoms with van der Waals surface area (Å²) in [6.07, 6.45) is 3.61. The van der Waals surface area contributed by atoms with Crippen molar-refractivity contribution in [2.24, 2.45) is 9.98 Å². The highest BCUT2D eigenvalue weighted by Crippen LogP contribution is 2.32. The minimum atomic E-state index is -0.788. The van der Waals surface area contributed by atoms with E-state index in [0.29, 0.717) is 56.0 Å². The Balaban J connectivity index is 1.20. The summed E-state index contributed by atoms with van der Waals surface area (Å²) in [4.78, 5) is 35.5. The molecule has 0 radical (unpaired) electrons. The Morgan fingerprint density at radius 1 is 0.909 bits per heavy atom. The van der Waals surface area contributed by atoms with E-state index < -0.39 is 11.5 Å². The molecule has 0 saturated heterocycles. The van der Waals surface area contributed by atoms with Gasteiger partial charge in [0.15, 0.2) is 5.71 Å². The van der Waals surface area contributed by atoms with Crippen LogP contribution in [0.25, 0.3) is 22.5 Å². The number of hydrogen-bond acceptors (Lipinski definition) is 8. The summed E-state index contributed by atoms with van der Waals surface area (Å²) in [5, 5.41) is 17.4. The Morgan fingerprint density at radius 3 is 2.36 bits per heavy atom. The highest BCUT2D eigenvalue weighted by Gasteiger charge is 2.42. The van der Waals surface area contributed by atoms with Gasteiger partial charge < -0.3 is 10.1 Å². The Bertz CT molecular complexity index is 1620. The van der Waals surface area contributed by atoms with Gasteiger partial charge in [-0.3, -0.25) is 9.79 Å². The van der Waals surface area contributed by atoms with E-state index in [-0.39, 0.29) is 12.5 Å². The monoisotopic (exact) mass is 591 g/mol. The maximum absolute atomic E-state index is 13.4. The molecule has 3 aromatic carbocycles. The van der Waals surface area contributed by atoms with E-state index in [2.05, 4.69) is 37.9 Å². The molecule has 0 fully saturated rings. The van der Waals surface area contributed by atoms with Gasteiger partial charge in [-0.15, -0.1) is 10.2 Å². The first-order valence-electron chi connectivity index (χ1n) is 15.1. The third-order valence-electron chi connectivity index (χ3n) is 7.75. The second-order valence-corrected chi connectivity index (χ2v) is 10.8. The molecule has 10 nitrogen and oxygen atoms in total. The lowest BCUT2D eigenvalue weighted by molar-refractivity contribution is -0.137. The molecule has 1 atom stereocenters. The minimum Gasteiger partial charge on any atom is -0.456 e. The predicted octanol–water partition coefficient (Wildman–Crippen LogP) is 5.87. The van der Waals surface area contributed by atoms with E-state index in [1.54, 1.807) is 0 Å². The van der Waals surface area contributed by atoms with Crippen LogP contribution in [0.3, 0.4) is 0 Å². The average molecular weight is 592 g/mol. The summed E-state index contributed by atoms with van der Waals surface area (Å²) in [5.74, 6) is 0.689. The molecule has 4 aromatic rings. The van der Waals surface area contributed by atoms with Crippen molar-refractivity contribution in [2.45, 2.75) is 71.1 Å².